The number of ether oxygens (including phenoxy) is 2. The van der Waals surface area contributed by atoms with Crippen molar-refractivity contribution in [1.29, 1.82) is 0 Å². The molecule has 104 valence electrons. The molecule has 0 amide bonds. The highest BCUT2D eigenvalue weighted by Gasteiger charge is 2.13. The maximum Gasteiger partial charge on any atom is 0.341 e. The minimum Gasteiger partial charge on any atom is -0.494 e. The molecule has 1 aromatic carbocycles. The summed E-state index contributed by atoms with van der Waals surface area (Å²) in [5.41, 5.74) is 0.723. The Kier molecular flexibility index (Phi) is 4.20. The van der Waals surface area contributed by atoms with E-state index in [4.69, 9.17) is 14.6 Å². The molecule has 0 fully saturated rings. The lowest BCUT2D eigenvalue weighted by Gasteiger charge is -2.10. The quantitative estimate of drug-likeness (QED) is 0.905. The van der Waals surface area contributed by atoms with Crippen molar-refractivity contribution in [2.24, 2.45) is 0 Å². The molecule has 5 heteroatoms. The molecule has 0 spiro atoms. The lowest BCUT2D eigenvalue weighted by molar-refractivity contribution is 0.0693. The molecule has 0 saturated heterocycles. The van der Waals surface area contributed by atoms with Gasteiger partial charge in [-0.05, 0) is 38.1 Å². The standard InChI is InChI=1S/C15H15NO4/c1-3-19-11-4-6-12(7-5-11)20-14-8-10(2)16-9-13(14)15(17)18/h4-9H,3H2,1-2H3,(H,17,18). The third kappa shape index (κ3) is 3.26. The fourth-order valence-electron chi connectivity index (χ4n) is 1.68. The number of pyridine rings is 1. The molecular formula is C15H15NO4. The van der Waals surface area contributed by atoms with Gasteiger partial charge in [0.2, 0.25) is 0 Å². The van der Waals surface area contributed by atoms with Gasteiger partial charge in [0.25, 0.3) is 0 Å². The van der Waals surface area contributed by atoms with Gasteiger partial charge < -0.3 is 14.6 Å². The summed E-state index contributed by atoms with van der Waals surface area (Å²) in [5.74, 6) is 0.485. The Morgan fingerprint density at radius 3 is 2.50 bits per heavy atom. The average Bonchev–Trinajstić information content (AvgIpc) is 2.41. The molecule has 20 heavy (non-hydrogen) atoms. The van der Waals surface area contributed by atoms with Crippen LogP contribution in [0.15, 0.2) is 36.5 Å². The predicted molar refractivity (Wildman–Crippen MR) is 73.6 cm³/mol. The average molecular weight is 273 g/mol. The Labute approximate surface area is 116 Å². The molecule has 0 radical (unpaired) electrons. The summed E-state index contributed by atoms with van der Waals surface area (Å²) in [6.07, 6.45) is 1.29. The van der Waals surface area contributed by atoms with E-state index in [9.17, 15) is 4.79 Å². The van der Waals surface area contributed by atoms with Gasteiger partial charge >= 0.3 is 5.97 Å². The Morgan fingerprint density at radius 1 is 1.25 bits per heavy atom. The van der Waals surface area contributed by atoms with E-state index >= 15 is 0 Å². The molecule has 0 unspecified atom stereocenters. The lowest BCUT2D eigenvalue weighted by atomic mass is 10.2. The van der Waals surface area contributed by atoms with Crippen LogP contribution in [-0.2, 0) is 0 Å². The molecule has 2 aromatic rings. The molecule has 0 aliphatic carbocycles. The second-order valence-corrected chi connectivity index (χ2v) is 4.13. The second kappa shape index (κ2) is 6.06. The van der Waals surface area contributed by atoms with Gasteiger partial charge in [-0.25, -0.2) is 4.79 Å². The molecule has 0 aliphatic rings. The Bertz CT molecular complexity index is 608. The zero-order chi connectivity index (χ0) is 14.5. The summed E-state index contributed by atoms with van der Waals surface area (Å²) in [4.78, 5) is 15.1. The molecule has 1 N–H and O–H groups in total. The summed E-state index contributed by atoms with van der Waals surface area (Å²) in [6.45, 7) is 4.27. The summed E-state index contributed by atoms with van der Waals surface area (Å²) in [6, 6.07) is 8.60. The summed E-state index contributed by atoms with van der Waals surface area (Å²) >= 11 is 0. The van der Waals surface area contributed by atoms with E-state index in [-0.39, 0.29) is 11.3 Å². The topological polar surface area (TPSA) is 68.7 Å². The van der Waals surface area contributed by atoms with Crippen LogP contribution in [0.25, 0.3) is 0 Å². The van der Waals surface area contributed by atoms with Crippen molar-refractivity contribution in [2.45, 2.75) is 13.8 Å². The number of aromatic carboxylic acids is 1. The highest BCUT2D eigenvalue weighted by Crippen LogP contribution is 2.27. The zero-order valence-corrected chi connectivity index (χ0v) is 11.3. The van der Waals surface area contributed by atoms with Gasteiger partial charge in [-0.2, -0.15) is 0 Å². The molecule has 0 atom stereocenters. The molecule has 2 rings (SSSR count). The zero-order valence-electron chi connectivity index (χ0n) is 11.3. The number of hydrogen-bond acceptors (Lipinski definition) is 4. The van der Waals surface area contributed by atoms with Gasteiger partial charge in [0.1, 0.15) is 22.8 Å². The first kappa shape index (κ1) is 13.9. The van der Waals surface area contributed by atoms with E-state index in [1.54, 1.807) is 37.3 Å². The molecule has 1 aromatic heterocycles. The van der Waals surface area contributed by atoms with Crippen molar-refractivity contribution in [3.8, 4) is 17.2 Å². The SMILES string of the molecule is CCOc1ccc(Oc2cc(C)ncc2C(=O)O)cc1. The number of rotatable bonds is 5. The van der Waals surface area contributed by atoms with Crippen LogP contribution in [0.4, 0.5) is 0 Å². The first-order valence-corrected chi connectivity index (χ1v) is 6.21. The van der Waals surface area contributed by atoms with Crippen molar-refractivity contribution < 1.29 is 19.4 Å². The van der Waals surface area contributed by atoms with Gasteiger partial charge in [0.15, 0.2) is 0 Å². The van der Waals surface area contributed by atoms with Crippen LogP contribution in [0.5, 0.6) is 17.2 Å². The molecule has 5 nitrogen and oxygen atoms in total. The monoisotopic (exact) mass is 273 g/mol. The Balaban J connectivity index is 2.25. The van der Waals surface area contributed by atoms with Crippen molar-refractivity contribution in [2.75, 3.05) is 6.61 Å². The van der Waals surface area contributed by atoms with Crippen LogP contribution in [0.3, 0.4) is 0 Å². The largest absolute Gasteiger partial charge is 0.494 e. The van der Waals surface area contributed by atoms with Crippen LogP contribution in [0, 0.1) is 6.92 Å². The lowest BCUT2D eigenvalue weighted by Crippen LogP contribution is -2.02. The van der Waals surface area contributed by atoms with E-state index in [0.29, 0.717) is 18.1 Å². The van der Waals surface area contributed by atoms with Crippen LogP contribution in [-0.4, -0.2) is 22.7 Å². The number of hydrogen-bond donors (Lipinski definition) is 1. The normalized spacial score (nSPS) is 10.1. The van der Waals surface area contributed by atoms with Crippen molar-refractivity contribution >= 4 is 5.97 Å². The van der Waals surface area contributed by atoms with E-state index in [2.05, 4.69) is 4.98 Å². The first-order valence-electron chi connectivity index (χ1n) is 6.21. The van der Waals surface area contributed by atoms with Crippen molar-refractivity contribution in [3.05, 3.63) is 47.8 Å². The molecular weight excluding hydrogens is 258 g/mol. The molecule has 0 aliphatic heterocycles. The third-order valence-corrected chi connectivity index (χ3v) is 2.60. The van der Waals surface area contributed by atoms with Crippen LogP contribution >= 0.6 is 0 Å². The number of carboxylic acids is 1. The van der Waals surface area contributed by atoms with Crippen molar-refractivity contribution in [1.82, 2.24) is 4.98 Å². The number of aromatic nitrogens is 1. The number of benzene rings is 1. The van der Waals surface area contributed by atoms with Gasteiger partial charge in [0, 0.05) is 18.0 Å². The minimum atomic E-state index is -1.07. The van der Waals surface area contributed by atoms with Crippen LogP contribution in [0.2, 0.25) is 0 Å². The van der Waals surface area contributed by atoms with E-state index in [1.165, 1.54) is 6.20 Å². The summed E-state index contributed by atoms with van der Waals surface area (Å²) in [5, 5.41) is 9.11. The smallest absolute Gasteiger partial charge is 0.341 e. The number of carboxylic acid groups (broad SMARTS) is 1. The molecule has 0 saturated carbocycles. The first-order chi connectivity index (χ1) is 9.60. The van der Waals surface area contributed by atoms with E-state index in [0.717, 1.165) is 5.75 Å². The number of aryl methyl sites for hydroxylation is 1. The third-order valence-electron chi connectivity index (χ3n) is 2.60. The maximum atomic E-state index is 11.1. The fourth-order valence-corrected chi connectivity index (χ4v) is 1.68. The van der Waals surface area contributed by atoms with Crippen molar-refractivity contribution in [3.63, 3.8) is 0 Å². The van der Waals surface area contributed by atoms with Gasteiger partial charge in [-0.15, -0.1) is 0 Å². The molecule has 0 bridgehead atoms. The number of nitrogens with zero attached hydrogens (tertiary/aromatic N) is 1. The highest BCUT2D eigenvalue weighted by molar-refractivity contribution is 5.90. The summed E-state index contributed by atoms with van der Waals surface area (Å²) in [7, 11) is 0. The van der Waals surface area contributed by atoms with Gasteiger partial charge in [-0.1, -0.05) is 0 Å². The van der Waals surface area contributed by atoms with Crippen LogP contribution < -0.4 is 9.47 Å². The maximum absolute atomic E-state index is 11.1. The fraction of sp³-hybridized carbons (Fsp3) is 0.200. The van der Waals surface area contributed by atoms with E-state index < -0.39 is 5.97 Å². The van der Waals surface area contributed by atoms with Gasteiger partial charge in [-0.3, -0.25) is 4.98 Å². The summed E-state index contributed by atoms with van der Waals surface area (Å²) < 4.78 is 10.9. The molecule has 1 heterocycles. The Morgan fingerprint density at radius 2 is 1.90 bits per heavy atom. The minimum absolute atomic E-state index is 0.0319. The van der Waals surface area contributed by atoms with Crippen LogP contribution in [0.1, 0.15) is 23.0 Å². The highest BCUT2D eigenvalue weighted by atomic mass is 16.5. The predicted octanol–water partition coefficient (Wildman–Crippen LogP) is 3.28. The second-order valence-electron chi connectivity index (χ2n) is 4.13. The number of carbonyl (C=O) groups is 1. The van der Waals surface area contributed by atoms with E-state index in [1.807, 2.05) is 6.92 Å². The Hall–Kier alpha value is -2.56. The van der Waals surface area contributed by atoms with Gasteiger partial charge in [0.05, 0.1) is 6.61 Å².